The standard InChI is InChI=1S/C14H31N3/c1-4-8-15-14(2)7-5-10-17-11-6-9-16(3)12-13-17/h14-15H,4-13H2,1-3H3. The number of nitrogens with zero attached hydrogens (tertiary/aromatic N) is 2. The molecule has 1 aliphatic heterocycles. The molecule has 0 spiro atoms. The summed E-state index contributed by atoms with van der Waals surface area (Å²) in [5.74, 6) is 0. The van der Waals surface area contributed by atoms with Crippen LogP contribution >= 0.6 is 0 Å². The Bertz CT molecular complexity index is 184. The molecule has 1 unspecified atom stereocenters. The molecule has 1 heterocycles. The van der Waals surface area contributed by atoms with Gasteiger partial charge in [-0.05, 0) is 65.8 Å². The van der Waals surface area contributed by atoms with E-state index in [1.54, 1.807) is 0 Å². The van der Waals surface area contributed by atoms with Crippen LogP contribution in [-0.2, 0) is 0 Å². The van der Waals surface area contributed by atoms with Crippen molar-refractivity contribution < 1.29 is 0 Å². The molecule has 1 fully saturated rings. The van der Waals surface area contributed by atoms with Crippen LogP contribution in [0.5, 0.6) is 0 Å². The molecule has 0 aromatic carbocycles. The molecular weight excluding hydrogens is 210 g/mol. The Morgan fingerprint density at radius 1 is 1.18 bits per heavy atom. The number of likely N-dealkylation sites (N-methyl/N-ethyl adjacent to an activating group) is 1. The van der Waals surface area contributed by atoms with Gasteiger partial charge in [0.1, 0.15) is 0 Å². The molecule has 0 aromatic heterocycles. The van der Waals surface area contributed by atoms with Crippen molar-refractivity contribution in [1.29, 1.82) is 0 Å². The van der Waals surface area contributed by atoms with Crippen LogP contribution in [0, 0.1) is 0 Å². The molecule has 1 aliphatic rings. The second kappa shape index (κ2) is 8.90. The van der Waals surface area contributed by atoms with Crippen LogP contribution in [-0.4, -0.2) is 62.2 Å². The van der Waals surface area contributed by atoms with Gasteiger partial charge in [0, 0.05) is 19.1 Å². The van der Waals surface area contributed by atoms with E-state index in [0.717, 1.165) is 6.54 Å². The predicted octanol–water partition coefficient (Wildman–Crippen LogP) is 1.79. The maximum atomic E-state index is 3.56. The first-order valence-electron chi connectivity index (χ1n) is 7.36. The van der Waals surface area contributed by atoms with E-state index in [1.807, 2.05) is 0 Å². The van der Waals surface area contributed by atoms with Crippen molar-refractivity contribution in [3.8, 4) is 0 Å². The van der Waals surface area contributed by atoms with Gasteiger partial charge in [0.05, 0.1) is 0 Å². The highest BCUT2D eigenvalue weighted by Gasteiger charge is 2.11. The number of hydrogen-bond acceptors (Lipinski definition) is 3. The van der Waals surface area contributed by atoms with E-state index < -0.39 is 0 Å². The fraction of sp³-hybridized carbons (Fsp3) is 1.00. The lowest BCUT2D eigenvalue weighted by Crippen LogP contribution is -2.31. The summed E-state index contributed by atoms with van der Waals surface area (Å²) in [6, 6.07) is 0.685. The van der Waals surface area contributed by atoms with Crippen molar-refractivity contribution in [3.63, 3.8) is 0 Å². The Balaban J connectivity index is 2.05. The maximum absolute atomic E-state index is 3.56. The molecule has 3 heteroatoms. The summed E-state index contributed by atoms with van der Waals surface area (Å²) in [6.45, 7) is 12.0. The minimum Gasteiger partial charge on any atom is -0.314 e. The van der Waals surface area contributed by atoms with Crippen molar-refractivity contribution in [2.24, 2.45) is 0 Å². The van der Waals surface area contributed by atoms with Crippen molar-refractivity contribution >= 4 is 0 Å². The number of nitrogens with one attached hydrogen (secondary N) is 1. The van der Waals surface area contributed by atoms with Gasteiger partial charge in [0.2, 0.25) is 0 Å². The van der Waals surface area contributed by atoms with Crippen LogP contribution in [0.25, 0.3) is 0 Å². The quantitative estimate of drug-likeness (QED) is 0.733. The average Bonchev–Trinajstić information content (AvgIpc) is 2.52. The maximum Gasteiger partial charge on any atom is 0.0109 e. The zero-order valence-corrected chi connectivity index (χ0v) is 12.0. The highest BCUT2D eigenvalue weighted by atomic mass is 15.2. The zero-order valence-electron chi connectivity index (χ0n) is 12.0. The molecule has 3 nitrogen and oxygen atoms in total. The number of rotatable bonds is 7. The lowest BCUT2D eigenvalue weighted by Gasteiger charge is -2.21. The molecule has 17 heavy (non-hydrogen) atoms. The molecule has 1 N–H and O–H groups in total. The summed E-state index contributed by atoms with van der Waals surface area (Å²) in [5.41, 5.74) is 0. The van der Waals surface area contributed by atoms with Crippen molar-refractivity contribution in [3.05, 3.63) is 0 Å². The van der Waals surface area contributed by atoms with Crippen LogP contribution < -0.4 is 5.32 Å². The fourth-order valence-corrected chi connectivity index (χ4v) is 2.44. The normalized spacial score (nSPS) is 21.4. The minimum absolute atomic E-state index is 0.685. The summed E-state index contributed by atoms with van der Waals surface area (Å²) in [5, 5.41) is 3.56. The largest absolute Gasteiger partial charge is 0.314 e. The Kier molecular flexibility index (Phi) is 7.82. The summed E-state index contributed by atoms with van der Waals surface area (Å²) in [6.07, 6.45) is 5.22. The van der Waals surface area contributed by atoms with E-state index in [2.05, 4.69) is 36.0 Å². The lowest BCUT2D eigenvalue weighted by atomic mass is 10.1. The summed E-state index contributed by atoms with van der Waals surface area (Å²) < 4.78 is 0. The minimum atomic E-state index is 0.685. The first kappa shape index (κ1) is 14.9. The number of hydrogen-bond donors (Lipinski definition) is 1. The Hall–Kier alpha value is -0.120. The van der Waals surface area contributed by atoms with E-state index in [1.165, 1.54) is 58.4 Å². The van der Waals surface area contributed by atoms with Gasteiger partial charge < -0.3 is 15.1 Å². The van der Waals surface area contributed by atoms with Crippen molar-refractivity contribution in [2.45, 2.75) is 45.6 Å². The molecule has 1 atom stereocenters. The van der Waals surface area contributed by atoms with Crippen LogP contribution in [0.2, 0.25) is 0 Å². The van der Waals surface area contributed by atoms with Gasteiger partial charge in [-0.3, -0.25) is 0 Å². The molecule has 0 saturated carbocycles. The molecule has 0 radical (unpaired) electrons. The molecule has 1 rings (SSSR count). The summed E-state index contributed by atoms with van der Waals surface area (Å²) in [4.78, 5) is 5.08. The second-order valence-corrected chi connectivity index (χ2v) is 5.50. The highest BCUT2D eigenvalue weighted by molar-refractivity contribution is 4.68. The molecule has 0 aliphatic carbocycles. The SMILES string of the molecule is CCCNC(C)CCCN1CCCN(C)CC1. The highest BCUT2D eigenvalue weighted by Crippen LogP contribution is 2.04. The topological polar surface area (TPSA) is 18.5 Å². The Morgan fingerprint density at radius 3 is 2.76 bits per heavy atom. The fourth-order valence-electron chi connectivity index (χ4n) is 2.44. The third-order valence-corrected chi connectivity index (χ3v) is 3.67. The van der Waals surface area contributed by atoms with Crippen molar-refractivity contribution in [2.75, 3.05) is 46.3 Å². The Morgan fingerprint density at radius 2 is 2.00 bits per heavy atom. The van der Waals surface area contributed by atoms with E-state index in [4.69, 9.17) is 0 Å². The summed E-state index contributed by atoms with van der Waals surface area (Å²) in [7, 11) is 2.24. The van der Waals surface area contributed by atoms with Crippen LogP contribution in [0.3, 0.4) is 0 Å². The van der Waals surface area contributed by atoms with Gasteiger partial charge in [0.15, 0.2) is 0 Å². The van der Waals surface area contributed by atoms with Gasteiger partial charge in [-0.1, -0.05) is 6.92 Å². The molecular formula is C14H31N3. The zero-order chi connectivity index (χ0) is 12.5. The molecule has 0 bridgehead atoms. The third kappa shape index (κ3) is 7.02. The first-order valence-corrected chi connectivity index (χ1v) is 7.36. The predicted molar refractivity (Wildman–Crippen MR) is 75.5 cm³/mol. The van der Waals surface area contributed by atoms with Crippen LogP contribution in [0.4, 0.5) is 0 Å². The third-order valence-electron chi connectivity index (χ3n) is 3.67. The van der Waals surface area contributed by atoms with Gasteiger partial charge in [-0.2, -0.15) is 0 Å². The smallest absolute Gasteiger partial charge is 0.0109 e. The van der Waals surface area contributed by atoms with E-state index in [-0.39, 0.29) is 0 Å². The molecule has 102 valence electrons. The van der Waals surface area contributed by atoms with E-state index in [0.29, 0.717) is 6.04 Å². The van der Waals surface area contributed by atoms with Crippen LogP contribution in [0.15, 0.2) is 0 Å². The molecule has 0 aromatic rings. The van der Waals surface area contributed by atoms with Gasteiger partial charge in [-0.25, -0.2) is 0 Å². The Labute approximate surface area is 108 Å². The monoisotopic (exact) mass is 241 g/mol. The van der Waals surface area contributed by atoms with E-state index in [9.17, 15) is 0 Å². The second-order valence-electron chi connectivity index (χ2n) is 5.50. The van der Waals surface area contributed by atoms with Crippen molar-refractivity contribution in [1.82, 2.24) is 15.1 Å². The molecule has 0 amide bonds. The lowest BCUT2D eigenvalue weighted by molar-refractivity contribution is 0.267. The van der Waals surface area contributed by atoms with Gasteiger partial charge >= 0.3 is 0 Å². The average molecular weight is 241 g/mol. The summed E-state index contributed by atoms with van der Waals surface area (Å²) >= 11 is 0. The molecule has 1 saturated heterocycles. The van der Waals surface area contributed by atoms with Crippen LogP contribution in [0.1, 0.15) is 39.5 Å². The first-order chi connectivity index (χ1) is 8.22. The van der Waals surface area contributed by atoms with Gasteiger partial charge in [0.25, 0.3) is 0 Å². The van der Waals surface area contributed by atoms with Gasteiger partial charge in [-0.15, -0.1) is 0 Å². The van der Waals surface area contributed by atoms with E-state index >= 15 is 0 Å².